The standard InChI is InChI=1S/C14H24N4O/c1-11(2)10-18-8-7-16-13(14(18)19)17-9-12-3-5-15-6-4-12/h7-8,11-12,15H,3-6,9-10H2,1-2H3,(H,16,17). The van der Waals surface area contributed by atoms with Gasteiger partial charge in [-0.25, -0.2) is 4.98 Å². The van der Waals surface area contributed by atoms with E-state index in [4.69, 9.17) is 0 Å². The van der Waals surface area contributed by atoms with Crippen LogP contribution in [0.25, 0.3) is 0 Å². The third kappa shape index (κ3) is 4.06. The van der Waals surface area contributed by atoms with Crippen LogP contribution in [0.4, 0.5) is 5.82 Å². The van der Waals surface area contributed by atoms with Gasteiger partial charge in [-0.05, 0) is 37.8 Å². The Morgan fingerprint density at radius 3 is 2.89 bits per heavy atom. The van der Waals surface area contributed by atoms with E-state index in [1.165, 1.54) is 12.8 Å². The number of nitrogens with one attached hydrogen (secondary N) is 2. The minimum absolute atomic E-state index is 0.00913. The summed E-state index contributed by atoms with van der Waals surface area (Å²) < 4.78 is 1.74. The van der Waals surface area contributed by atoms with Gasteiger partial charge in [-0.2, -0.15) is 0 Å². The van der Waals surface area contributed by atoms with E-state index in [1.54, 1.807) is 17.0 Å². The van der Waals surface area contributed by atoms with Crippen molar-refractivity contribution < 1.29 is 0 Å². The highest BCUT2D eigenvalue weighted by atomic mass is 16.1. The molecule has 5 heteroatoms. The lowest BCUT2D eigenvalue weighted by Crippen LogP contribution is -2.33. The summed E-state index contributed by atoms with van der Waals surface area (Å²) in [5, 5.41) is 6.57. The monoisotopic (exact) mass is 264 g/mol. The average molecular weight is 264 g/mol. The van der Waals surface area contributed by atoms with Gasteiger partial charge in [0.1, 0.15) is 0 Å². The number of hydrogen-bond donors (Lipinski definition) is 2. The molecule has 5 nitrogen and oxygen atoms in total. The maximum absolute atomic E-state index is 12.2. The molecule has 2 heterocycles. The Morgan fingerprint density at radius 1 is 1.47 bits per heavy atom. The normalized spacial score (nSPS) is 16.8. The number of hydrogen-bond acceptors (Lipinski definition) is 4. The quantitative estimate of drug-likeness (QED) is 0.842. The van der Waals surface area contributed by atoms with Crippen LogP contribution >= 0.6 is 0 Å². The number of aromatic nitrogens is 2. The molecule has 1 aliphatic rings. The molecule has 1 aromatic heterocycles. The van der Waals surface area contributed by atoms with Crippen molar-refractivity contribution in [3.63, 3.8) is 0 Å². The third-order valence-corrected chi connectivity index (χ3v) is 3.49. The highest BCUT2D eigenvalue weighted by molar-refractivity contribution is 5.30. The fraction of sp³-hybridized carbons (Fsp3) is 0.714. The molecule has 19 heavy (non-hydrogen) atoms. The highest BCUT2D eigenvalue weighted by Gasteiger charge is 2.14. The van der Waals surface area contributed by atoms with Gasteiger partial charge in [-0.3, -0.25) is 4.79 Å². The van der Waals surface area contributed by atoms with Crippen LogP contribution in [0.2, 0.25) is 0 Å². The first-order valence-corrected chi connectivity index (χ1v) is 7.17. The van der Waals surface area contributed by atoms with Gasteiger partial charge in [0, 0.05) is 25.5 Å². The van der Waals surface area contributed by atoms with Crippen LogP contribution in [-0.4, -0.2) is 29.2 Å². The fourth-order valence-corrected chi connectivity index (χ4v) is 2.43. The van der Waals surface area contributed by atoms with Crippen molar-refractivity contribution in [2.75, 3.05) is 25.0 Å². The zero-order chi connectivity index (χ0) is 13.7. The summed E-state index contributed by atoms with van der Waals surface area (Å²) >= 11 is 0. The zero-order valence-electron chi connectivity index (χ0n) is 11.9. The van der Waals surface area contributed by atoms with E-state index in [9.17, 15) is 4.79 Å². The second-order valence-corrected chi connectivity index (χ2v) is 5.70. The molecule has 1 aliphatic heterocycles. The molecular formula is C14H24N4O. The predicted octanol–water partition coefficient (Wildman–Crippen LogP) is 1.31. The lowest BCUT2D eigenvalue weighted by molar-refractivity contribution is 0.389. The number of rotatable bonds is 5. The Kier molecular flexibility index (Phi) is 4.96. The third-order valence-electron chi connectivity index (χ3n) is 3.49. The summed E-state index contributed by atoms with van der Waals surface area (Å²) in [5.41, 5.74) is -0.00913. The van der Waals surface area contributed by atoms with Crippen LogP contribution in [0.5, 0.6) is 0 Å². The maximum Gasteiger partial charge on any atom is 0.293 e. The number of anilines is 1. The SMILES string of the molecule is CC(C)Cn1ccnc(NCC2CCNCC2)c1=O. The molecule has 0 bridgehead atoms. The molecule has 0 aliphatic carbocycles. The van der Waals surface area contributed by atoms with Crippen LogP contribution in [0.1, 0.15) is 26.7 Å². The molecule has 0 amide bonds. The van der Waals surface area contributed by atoms with Crippen LogP contribution in [0, 0.1) is 11.8 Å². The second-order valence-electron chi connectivity index (χ2n) is 5.70. The lowest BCUT2D eigenvalue weighted by Gasteiger charge is -2.22. The topological polar surface area (TPSA) is 59.0 Å². The smallest absolute Gasteiger partial charge is 0.293 e. The molecule has 0 atom stereocenters. The minimum atomic E-state index is -0.00913. The second kappa shape index (κ2) is 6.70. The largest absolute Gasteiger partial charge is 0.365 e. The molecule has 2 rings (SSSR count). The molecule has 0 saturated carbocycles. The van der Waals surface area contributed by atoms with Crippen molar-refractivity contribution in [3.8, 4) is 0 Å². The molecule has 0 radical (unpaired) electrons. The minimum Gasteiger partial charge on any atom is -0.365 e. The Morgan fingerprint density at radius 2 is 2.21 bits per heavy atom. The number of nitrogens with zero attached hydrogens (tertiary/aromatic N) is 2. The van der Waals surface area contributed by atoms with Crippen LogP contribution in [-0.2, 0) is 6.54 Å². The summed E-state index contributed by atoms with van der Waals surface area (Å²) in [6, 6.07) is 0. The van der Waals surface area contributed by atoms with E-state index in [-0.39, 0.29) is 5.56 Å². The van der Waals surface area contributed by atoms with Crippen molar-refractivity contribution in [2.45, 2.75) is 33.2 Å². The first-order valence-electron chi connectivity index (χ1n) is 7.17. The Hall–Kier alpha value is -1.36. The van der Waals surface area contributed by atoms with Gasteiger partial charge in [-0.15, -0.1) is 0 Å². The summed E-state index contributed by atoms with van der Waals surface area (Å²) in [6.07, 6.45) is 5.80. The Labute approximate surface area is 114 Å². The molecule has 1 aromatic rings. The molecule has 1 saturated heterocycles. The maximum atomic E-state index is 12.2. The highest BCUT2D eigenvalue weighted by Crippen LogP contribution is 2.11. The Balaban J connectivity index is 1.97. The van der Waals surface area contributed by atoms with Gasteiger partial charge in [-0.1, -0.05) is 13.8 Å². The Bertz CT molecular complexity index is 449. The molecule has 0 aromatic carbocycles. The summed E-state index contributed by atoms with van der Waals surface area (Å²) in [7, 11) is 0. The van der Waals surface area contributed by atoms with Crippen LogP contribution in [0.15, 0.2) is 17.2 Å². The van der Waals surface area contributed by atoms with E-state index >= 15 is 0 Å². The van der Waals surface area contributed by atoms with Gasteiger partial charge in [0.05, 0.1) is 0 Å². The molecule has 1 fully saturated rings. The molecule has 2 N–H and O–H groups in total. The van der Waals surface area contributed by atoms with Crippen molar-refractivity contribution in [1.29, 1.82) is 0 Å². The average Bonchev–Trinajstić information content (AvgIpc) is 2.40. The van der Waals surface area contributed by atoms with Crippen molar-refractivity contribution in [1.82, 2.24) is 14.9 Å². The lowest BCUT2D eigenvalue weighted by atomic mass is 9.98. The van der Waals surface area contributed by atoms with E-state index in [0.29, 0.717) is 17.7 Å². The van der Waals surface area contributed by atoms with Gasteiger partial charge in [0.2, 0.25) is 0 Å². The summed E-state index contributed by atoms with van der Waals surface area (Å²) in [5.74, 6) is 1.58. The zero-order valence-corrected chi connectivity index (χ0v) is 11.9. The van der Waals surface area contributed by atoms with E-state index < -0.39 is 0 Å². The van der Waals surface area contributed by atoms with E-state index in [2.05, 4.69) is 29.5 Å². The number of piperidine rings is 1. The summed E-state index contributed by atoms with van der Waals surface area (Å²) in [6.45, 7) is 7.95. The molecule has 0 unspecified atom stereocenters. The van der Waals surface area contributed by atoms with Crippen molar-refractivity contribution in [3.05, 3.63) is 22.7 Å². The van der Waals surface area contributed by atoms with Crippen molar-refractivity contribution >= 4 is 5.82 Å². The van der Waals surface area contributed by atoms with E-state index in [1.807, 2.05) is 0 Å². The fourth-order valence-electron chi connectivity index (χ4n) is 2.43. The van der Waals surface area contributed by atoms with Gasteiger partial charge >= 0.3 is 0 Å². The van der Waals surface area contributed by atoms with Crippen LogP contribution < -0.4 is 16.2 Å². The summed E-state index contributed by atoms with van der Waals surface area (Å²) in [4.78, 5) is 16.4. The van der Waals surface area contributed by atoms with E-state index in [0.717, 1.165) is 26.2 Å². The van der Waals surface area contributed by atoms with Gasteiger partial charge in [0.25, 0.3) is 5.56 Å². The first-order chi connectivity index (χ1) is 9.16. The predicted molar refractivity (Wildman–Crippen MR) is 77.4 cm³/mol. The van der Waals surface area contributed by atoms with Crippen LogP contribution in [0.3, 0.4) is 0 Å². The molecule has 0 spiro atoms. The van der Waals surface area contributed by atoms with Crippen molar-refractivity contribution in [2.24, 2.45) is 11.8 Å². The molecular weight excluding hydrogens is 240 g/mol. The first kappa shape index (κ1) is 14.1. The van der Waals surface area contributed by atoms with Gasteiger partial charge in [0.15, 0.2) is 5.82 Å². The molecule has 106 valence electrons. The van der Waals surface area contributed by atoms with Gasteiger partial charge < -0.3 is 15.2 Å².